The van der Waals surface area contributed by atoms with Gasteiger partial charge >= 0.3 is 6.18 Å². The van der Waals surface area contributed by atoms with Crippen LogP contribution in [-0.4, -0.2) is 57.2 Å². The summed E-state index contributed by atoms with van der Waals surface area (Å²) in [6.07, 6.45) is -1.14. The first kappa shape index (κ1) is 25.1. The number of piperazine rings is 1. The lowest BCUT2D eigenvalue weighted by Gasteiger charge is -2.34. The molecule has 0 aliphatic carbocycles. The van der Waals surface area contributed by atoms with E-state index in [4.69, 9.17) is 0 Å². The number of aromatic amines is 1. The summed E-state index contributed by atoms with van der Waals surface area (Å²) in [4.78, 5) is 36.0. The average molecular weight is 553 g/mol. The zero-order valence-corrected chi connectivity index (χ0v) is 20.6. The third kappa shape index (κ3) is 5.80. The molecule has 1 N–H and O–H groups in total. The van der Waals surface area contributed by atoms with Gasteiger partial charge in [-0.2, -0.15) is 18.3 Å². The van der Waals surface area contributed by atoms with E-state index >= 15 is 0 Å². The quantitative estimate of drug-likeness (QED) is 0.494. The fourth-order valence-corrected chi connectivity index (χ4v) is 4.54. The summed E-state index contributed by atoms with van der Waals surface area (Å²) in [5.74, 6) is 0.309. The molecule has 0 spiro atoms. The third-order valence-electron chi connectivity index (χ3n) is 6.16. The van der Waals surface area contributed by atoms with E-state index in [1.807, 2.05) is 19.1 Å². The molecule has 0 bridgehead atoms. The maximum atomic E-state index is 12.7. The summed E-state index contributed by atoms with van der Waals surface area (Å²) in [6.45, 7) is 3.84. The van der Waals surface area contributed by atoms with Crippen LogP contribution in [0.4, 0.5) is 19.1 Å². The number of hydrogen-bond acceptors (Lipinski definition) is 6. The first-order chi connectivity index (χ1) is 16.6. The Balaban J connectivity index is 1.28. The zero-order valence-electron chi connectivity index (χ0n) is 19.0. The van der Waals surface area contributed by atoms with E-state index in [-0.39, 0.29) is 23.3 Å². The van der Waals surface area contributed by atoms with Crippen molar-refractivity contribution >= 4 is 38.6 Å². The van der Waals surface area contributed by atoms with Gasteiger partial charge in [0, 0.05) is 60.8 Å². The van der Waals surface area contributed by atoms with Crippen LogP contribution >= 0.6 is 15.9 Å². The molecule has 1 saturated heterocycles. The minimum atomic E-state index is -4.47. The number of halogens is 4. The van der Waals surface area contributed by atoms with Gasteiger partial charge in [-0.3, -0.25) is 9.59 Å². The molecule has 8 nitrogen and oxygen atoms in total. The van der Waals surface area contributed by atoms with Crippen molar-refractivity contribution in [3.63, 3.8) is 0 Å². The van der Waals surface area contributed by atoms with E-state index in [9.17, 15) is 22.8 Å². The molecule has 12 heteroatoms. The Morgan fingerprint density at radius 2 is 1.83 bits per heavy atom. The van der Waals surface area contributed by atoms with E-state index in [2.05, 4.69) is 36.1 Å². The van der Waals surface area contributed by atoms with Crippen LogP contribution in [-0.2, 0) is 11.0 Å². The largest absolute Gasteiger partial charge is 0.419 e. The van der Waals surface area contributed by atoms with Crippen molar-refractivity contribution in [2.45, 2.75) is 38.3 Å². The van der Waals surface area contributed by atoms with Crippen LogP contribution in [0.25, 0.3) is 10.8 Å². The lowest BCUT2D eigenvalue weighted by Crippen LogP contribution is -2.49. The molecule has 0 saturated carbocycles. The topological polar surface area (TPSA) is 95.1 Å². The van der Waals surface area contributed by atoms with E-state index in [0.29, 0.717) is 44.4 Å². The van der Waals surface area contributed by atoms with E-state index < -0.39 is 11.7 Å². The fraction of sp³-hybridized carbons (Fsp3) is 0.435. The number of carbonyl (C=O) groups excluding carboxylic acids is 1. The van der Waals surface area contributed by atoms with Crippen LogP contribution < -0.4 is 10.5 Å². The van der Waals surface area contributed by atoms with Gasteiger partial charge in [0.15, 0.2) is 0 Å². The van der Waals surface area contributed by atoms with Crippen LogP contribution in [0.5, 0.6) is 0 Å². The molecular formula is C23H24BrF3N6O2. The second kappa shape index (κ2) is 10.3. The standard InChI is InChI=1S/C23H24BrF3N6O2/c1-14(20-18-11-16(24)5-6-17(18)21(35)31-30-20)3-2-4-19(34)32-7-9-33(10-8-32)22-28-12-15(13-29-22)23(25,26)27/h5-6,11-14H,2-4,7-10H2,1H3,(H,31,35). The number of carbonyl (C=O) groups is 1. The van der Waals surface area contributed by atoms with Crippen molar-refractivity contribution in [3.05, 3.63) is 56.7 Å². The van der Waals surface area contributed by atoms with E-state index in [1.54, 1.807) is 15.9 Å². The van der Waals surface area contributed by atoms with Crippen molar-refractivity contribution in [1.82, 2.24) is 25.1 Å². The Bertz CT molecular complexity index is 1260. The number of alkyl halides is 3. The minimum Gasteiger partial charge on any atom is -0.339 e. The summed E-state index contributed by atoms with van der Waals surface area (Å²) in [5, 5.41) is 8.19. The minimum absolute atomic E-state index is 0.0345. The van der Waals surface area contributed by atoms with Crippen LogP contribution in [0.1, 0.15) is 43.4 Å². The molecule has 35 heavy (non-hydrogen) atoms. The molecule has 0 radical (unpaired) electrons. The summed E-state index contributed by atoms with van der Waals surface area (Å²) in [6, 6.07) is 5.46. The number of anilines is 1. The molecule has 3 heterocycles. The van der Waals surface area contributed by atoms with Crippen molar-refractivity contribution in [3.8, 4) is 0 Å². The molecule has 3 aromatic rings. The Morgan fingerprint density at radius 3 is 2.49 bits per heavy atom. The van der Waals surface area contributed by atoms with E-state index in [1.165, 1.54) is 0 Å². The number of fused-ring (bicyclic) bond motifs is 1. The molecule has 4 rings (SSSR count). The predicted octanol–water partition coefficient (Wildman–Crippen LogP) is 4.12. The average Bonchev–Trinajstić information content (AvgIpc) is 2.83. The zero-order chi connectivity index (χ0) is 25.2. The van der Waals surface area contributed by atoms with Crippen LogP contribution in [0.15, 0.2) is 39.9 Å². The molecule has 2 aromatic heterocycles. The Hall–Kier alpha value is -3.02. The first-order valence-electron chi connectivity index (χ1n) is 11.2. The highest BCUT2D eigenvalue weighted by Crippen LogP contribution is 2.29. The van der Waals surface area contributed by atoms with Gasteiger partial charge in [0.1, 0.15) is 0 Å². The molecule has 1 unspecified atom stereocenters. The lowest BCUT2D eigenvalue weighted by molar-refractivity contribution is -0.138. The van der Waals surface area contributed by atoms with Gasteiger partial charge in [-0.15, -0.1) is 0 Å². The van der Waals surface area contributed by atoms with Crippen molar-refractivity contribution in [2.24, 2.45) is 0 Å². The van der Waals surface area contributed by atoms with E-state index in [0.717, 1.165) is 34.4 Å². The SMILES string of the molecule is CC(CCCC(=O)N1CCN(c2ncc(C(F)(F)F)cn2)CC1)c1n[nH]c(=O)c2ccc(Br)cc12. The lowest BCUT2D eigenvalue weighted by atomic mass is 9.96. The summed E-state index contributed by atoms with van der Waals surface area (Å²) in [5.41, 5.74) is -0.333. The normalized spacial score (nSPS) is 15.5. The van der Waals surface area contributed by atoms with Gasteiger partial charge in [-0.1, -0.05) is 22.9 Å². The number of H-pyrrole nitrogens is 1. The van der Waals surface area contributed by atoms with Crippen molar-refractivity contribution < 1.29 is 18.0 Å². The molecule has 1 aliphatic rings. The Morgan fingerprint density at radius 1 is 1.14 bits per heavy atom. The summed E-state index contributed by atoms with van der Waals surface area (Å²) >= 11 is 3.44. The fourth-order valence-electron chi connectivity index (χ4n) is 4.17. The highest BCUT2D eigenvalue weighted by molar-refractivity contribution is 9.10. The maximum Gasteiger partial charge on any atom is 0.419 e. The number of rotatable bonds is 6. The van der Waals surface area contributed by atoms with Gasteiger partial charge in [0.2, 0.25) is 11.9 Å². The first-order valence-corrected chi connectivity index (χ1v) is 12.0. The number of nitrogens with one attached hydrogen (secondary N) is 1. The molecule has 1 fully saturated rings. The number of nitrogens with zero attached hydrogens (tertiary/aromatic N) is 5. The van der Waals surface area contributed by atoms with Gasteiger partial charge in [-0.25, -0.2) is 15.1 Å². The van der Waals surface area contributed by atoms with Crippen molar-refractivity contribution in [2.75, 3.05) is 31.1 Å². The predicted molar refractivity (Wildman–Crippen MR) is 128 cm³/mol. The summed E-state index contributed by atoms with van der Waals surface area (Å²) in [7, 11) is 0. The van der Waals surface area contributed by atoms with Gasteiger partial charge < -0.3 is 9.80 Å². The van der Waals surface area contributed by atoms with Gasteiger partial charge in [-0.05, 0) is 31.0 Å². The Kier molecular flexibility index (Phi) is 7.39. The highest BCUT2D eigenvalue weighted by Gasteiger charge is 2.32. The molecule has 186 valence electrons. The second-order valence-corrected chi connectivity index (χ2v) is 9.47. The molecule has 1 aromatic carbocycles. The molecular weight excluding hydrogens is 529 g/mol. The van der Waals surface area contributed by atoms with Crippen LogP contribution in [0.2, 0.25) is 0 Å². The monoisotopic (exact) mass is 552 g/mol. The summed E-state index contributed by atoms with van der Waals surface area (Å²) < 4.78 is 38.9. The maximum absolute atomic E-state index is 12.7. The van der Waals surface area contributed by atoms with Crippen molar-refractivity contribution in [1.29, 1.82) is 0 Å². The highest BCUT2D eigenvalue weighted by atomic mass is 79.9. The molecule has 1 aliphatic heterocycles. The Labute approximate surface area is 207 Å². The second-order valence-electron chi connectivity index (χ2n) is 8.56. The number of benzene rings is 1. The number of hydrogen-bond donors (Lipinski definition) is 1. The van der Waals surface area contributed by atoms with Gasteiger partial charge in [0.25, 0.3) is 5.56 Å². The van der Waals surface area contributed by atoms with Crippen LogP contribution in [0.3, 0.4) is 0 Å². The molecule has 1 atom stereocenters. The third-order valence-corrected chi connectivity index (χ3v) is 6.65. The number of aromatic nitrogens is 4. The van der Waals surface area contributed by atoms with Gasteiger partial charge in [0.05, 0.1) is 16.6 Å². The number of amides is 1. The molecule has 1 amide bonds. The van der Waals surface area contributed by atoms with Crippen LogP contribution in [0, 0.1) is 0 Å². The smallest absolute Gasteiger partial charge is 0.339 e.